The molecule has 10 rings (SSSR count). The molecule has 0 fully saturated rings. The predicted octanol–water partition coefficient (Wildman–Crippen LogP) is 8.89. The van der Waals surface area contributed by atoms with E-state index in [1.165, 1.54) is 59.1 Å². The standard InChI is InChI=1S/C33H18S/c1-2-4-26-22(3-1)24-13-16(9-10-27(24)34-26)23-15-21-12-19-6-5-17-11-18-7-8-20-14-25(23)33-31(20)29(18)28(17)30(19)32(21)33/h1-10,13,15H,11-12,14H2. The second-order valence-electron chi connectivity index (χ2n) is 10.4. The van der Waals surface area contributed by atoms with E-state index < -0.39 is 0 Å². The van der Waals surface area contributed by atoms with Gasteiger partial charge >= 0.3 is 0 Å². The third-order valence-corrected chi connectivity index (χ3v) is 9.99. The van der Waals surface area contributed by atoms with Gasteiger partial charge < -0.3 is 0 Å². The molecule has 0 spiro atoms. The lowest BCUT2D eigenvalue weighted by Crippen LogP contribution is -1.91. The van der Waals surface area contributed by atoms with Crippen LogP contribution in [0.4, 0.5) is 0 Å². The van der Waals surface area contributed by atoms with Crippen LogP contribution in [-0.2, 0) is 19.3 Å². The maximum Gasteiger partial charge on any atom is 0.0355 e. The van der Waals surface area contributed by atoms with Crippen molar-refractivity contribution in [2.24, 2.45) is 0 Å². The topological polar surface area (TPSA) is 0 Å². The zero-order valence-electron chi connectivity index (χ0n) is 18.5. The Labute approximate surface area is 200 Å². The lowest BCUT2D eigenvalue weighted by atomic mass is 9.90. The molecule has 6 aromatic carbocycles. The smallest absolute Gasteiger partial charge is 0.0355 e. The quantitative estimate of drug-likeness (QED) is 0.221. The summed E-state index contributed by atoms with van der Waals surface area (Å²) in [7, 11) is 0. The van der Waals surface area contributed by atoms with Crippen molar-refractivity contribution >= 4 is 63.8 Å². The Kier molecular flexibility index (Phi) is 2.65. The van der Waals surface area contributed by atoms with E-state index in [4.69, 9.17) is 0 Å². The molecule has 34 heavy (non-hydrogen) atoms. The van der Waals surface area contributed by atoms with Crippen molar-refractivity contribution in [2.75, 3.05) is 0 Å². The highest BCUT2D eigenvalue weighted by Crippen LogP contribution is 2.55. The first kappa shape index (κ1) is 16.9. The number of hydrogen-bond donors (Lipinski definition) is 0. The summed E-state index contributed by atoms with van der Waals surface area (Å²) in [5.41, 5.74) is 12.0. The molecule has 0 atom stereocenters. The SMILES string of the molecule is c1ccc2c(c1)sc1ccc(-c3cc4c5c6c(ccc7c6c6c(ccc8c6c5c3C8)C7)C4)cc12. The minimum absolute atomic E-state index is 1.06. The molecule has 1 aromatic heterocycles. The summed E-state index contributed by atoms with van der Waals surface area (Å²) in [6.45, 7) is 0. The number of benzene rings is 6. The van der Waals surface area contributed by atoms with E-state index in [0.29, 0.717) is 0 Å². The molecule has 0 nitrogen and oxygen atoms in total. The molecule has 1 heterocycles. The van der Waals surface area contributed by atoms with Crippen LogP contribution in [0.25, 0.3) is 63.6 Å². The van der Waals surface area contributed by atoms with E-state index in [1.54, 1.807) is 37.9 Å². The summed E-state index contributed by atoms with van der Waals surface area (Å²) in [6, 6.07) is 28.2. The fourth-order valence-electron chi connectivity index (χ4n) is 7.53. The lowest BCUT2D eigenvalue weighted by molar-refractivity contribution is 1.24. The van der Waals surface area contributed by atoms with Gasteiger partial charge in [-0.2, -0.15) is 0 Å². The summed E-state index contributed by atoms with van der Waals surface area (Å²) in [5.74, 6) is 0. The number of fused-ring (bicyclic) bond motifs is 3. The molecule has 3 aliphatic rings. The Balaban J connectivity index is 1.38. The first-order chi connectivity index (χ1) is 16.8. The minimum atomic E-state index is 1.06. The first-order valence-electron chi connectivity index (χ1n) is 12.2. The summed E-state index contributed by atoms with van der Waals surface area (Å²) in [5, 5.41) is 12.2. The fraction of sp³-hybridized carbons (Fsp3) is 0.0909. The van der Waals surface area contributed by atoms with Crippen molar-refractivity contribution in [3.05, 3.63) is 106 Å². The van der Waals surface area contributed by atoms with Crippen molar-refractivity contribution in [1.29, 1.82) is 0 Å². The summed E-state index contributed by atoms with van der Waals surface area (Å²) in [6.07, 6.45) is 3.22. The molecule has 3 aliphatic carbocycles. The molecule has 0 saturated heterocycles. The van der Waals surface area contributed by atoms with Crippen molar-refractivity contribution in [3.8, 4) is 11.1 Å². The van der Waals surface area contributed by atoms with Crippen LogP contribution in [0.2, 0.25) is 0 Å². The predicted molar refractivity (Wildman–Crippen MR) is 146 cm³/mol. The highest BCUT2D eigenvalue weighted by atomic mass is 32.1. The van der Waals surface area contributed by atoms with Crippen LogP contribution in [0.15, 0.2) is 72.8 Å². The van der Waals surface area contributed by atoms with Gasteiger partial charge in [0.05, 0.1) is 0 Å². The van der Waals surface area contributed by atoms with Crippen LogP contribution >= 0.6 is 11.3 Å². The zero-order valence-corrected chi connectivity index (χ0v) is 19.3. The van der Waals surface area contributed by atoms with Crippen molar-refractivity contribution < 1.29 is 0 Å². The maximum absolute atomic E-state index is 2.54. The summed E-state index contributed by atoms with van der Waals surface area (Å²) < 4.78 is 2.76. The van der Waals surface area contributed by atoms with Gasteiger partial charge in [-0.25, -0.2) is 0 Å². The molecule has 0 amide bonds. The molecule has 0 aliphatic heterocycles. The number of thiophene rings is 1. The molecule has 1 heteroatoms. The Bertz CT molecular complexity index is 2100. The van der Waals surface area contributed by atoms with Crippen LogP contribution in [0.5, 0.6) is 0 Å². The van der Waals surface area contributed by atoms with Crippen LogP contribution < -0.4 is 0 Å². The molecular weight excluding hydrogens is 428 g/mol. The van der Waals surface area contributed by atoms with Crippen LogP contribution in [-0.4, -0.2) is 0 Å². The molecule has 0 saturated carbocycles. The Morgan fingerprint density at radius 2 is 1.09 bits per heavy atom. The van der Waals surface area contributed by atoms with E-state index in [2.05, 4.69) is 72.8 Å². The summed E-state index contributed by atoms with van der Waals surface area (Å²) in [4.78, 5) is 0. The Hall–Kier alpha value is -3.68. The summed E-state index contributed by atoms with van der Waals surface area (Å²) >= 11 is 1.91. The number of rotatable bonds is 1. The fourth-order valence-corrected chi connectivity index (χ4v) is 8.61. The van der Waals surface area contributed by atoms with E-state index in [1.807, 2.05) is 11.3 Å². The van der Waals surface area contributed by atoms with Gasteiger partial charge in [0.1, 0.15) is 0 Å². The number of hydrogen-bond acceptors (Lipinski definition) is 1. The zero-order chi connectivity index (χ0) is 21.7. The Morgan fingerprint density at radius 3 is 1.88 bits per heavy atom. The van der Waals surface area contributed by atoms with Gasteiger partial charge in [-0.05, 0) is 120 Å². The molecule has 156 valence electrons. The second kappa shape index (κ2) is 5.35. The maximum atomic E-state index is 2.54. The van der Waals surface area contributed by atoms with E-state index in [9.17, 15) is 0 Å². The molecule has 0 N–H and O–H groups in total. The average Bonchev–Trinajstić information content (AvgIpc) is 3.61. The molecular formula is C33H18S. The molecule has 0 unspecified atom stereocenters. The van der Waals surface area contributed by atoms with Gasteiger partial charge in [-0.3, -0.25) is 0 Å². The molecule has 7 aromatic rings. The van der Waals surface area contributed by atoms with Crippen molar-refractivity contribution in [3.63, 3.8) is 0 Å². The highest BCUT2D eigenvalue weighted by molar-refractivity contribution is 7.25. The van der Waals surface area contributed by atoms with Gasteiger partial charge in [0.2, 0.25) is 0 Å². The van der Waals surface area contributed by atoms with Gasteiger partial charge in [0.15, 0.2) is 0 Å². The third kappa shape index (κ3) is 1.74. The van der Waals surface area contributed by atoms with Crippen LogP contribution in [0.3, 0.4) is 0 Å². The first-order valence-corrected chi connectivity index (χ1v) is 13.1. The second-order valence-corrected chi connectivity index (χ2v) is 11.5. The van der Waals surface area contributed by atoms with Gasteiger partial charge in [-0.1, -0.05) is 48.5 Å². The van der Waals surface area contributed by atoms with Crippen molar-refractivity contribution in [1.82, 2.24) is 0 Å². The minimum Gasteiger partial charge on any atom is -0.135 e. The molecule has 0 radical (unpaired) electrons. The van der Waals surface area contributed by atoms with E-state index in [-0.39, 0.29) is 0 Å². The lowest BCUT2D eigenvalue weighted by Gasteiger charge is -2.13. The third-order valence-electron chi connectivity index (χ3n) is 8.84. The Morgan fingerprint density at radius 1 is 0.471 bits per heavy atom. The van der Waals surface area contributed by atoms with E-state index >= 15 is 0 Å². The highest BCUT2D eigenvalue weighted by Gasteiger charge is 2.32. The van der Waals surface area contributed by atoms with Crippen molar-refractivity contribution in [2.45, 2.75) is 19.3 Å². The normalized spacial score (nSPS) is 14.7. The van der Waals surface area contributed by atoms with E-state index in [0.717, 1.165) is 19.3 Å². The van der Waals surface area contributed by atoms with Gasteiger partial charge in [-0.15, -0.1) is 11.3 Å². The van der Waals surface area contributed by atoms with Crippen LogP contribution in [0.1, 0.15) is 33.4 Å². The van der Waals surface area contributed by atoms with Gasteiger partial charge in [0, 0.05) is 20.2 Å². The largest absolute Gasteiger partial charge is 0.135 e. The monoisotopic (exact) mass is 446 g/mol. The molecule has 0 bridgehead atoms. The average molecular weight is 447 g/mol. The van der Waals surface area contributed by atoms with Gasteiger partial charge in [0.25, 0.3) is 0 Å². The van der Waals surface area contributed by atoms with Crippen LogP contribution in [0, 0.1) is 0 Å².